The summed E-state index contributed by atoms with van der Waals surface area (Å²) < 4.78 is 11.5. The molecule has 0 bridgehead atoms. The van der Waals surface area contributed by atoms with Crippen molar-refractivity contribution in [1.29, 1.82) is 0 Å². The van der Waals surface area contributed by atoms with Crippen molar-refractivity contribution in [3.05, 3.63) is 12.2 Å². The molecule has 1 fully saturated rings. The van der Waals surface area contributed by atoms with Crippen LogP contribution in [-0.4, -0.2) is 49.6 Å². The molecule has 1 saturated heterocycles. The summed E-state index contributed by atoms with van der Waals surface area (Å²) in [6, 6.07) is -0.129. The maximum atomic E-state index is 10.9. The van der Waals surface area contributed by atoms with Crippen LogP contribution < -0.4 is 5.32 Å². The number of allylic oxidation sites excluding steroid dienone is 1. The molecule has 0 radical (unpaired) electrons. The van der Waals surface area contributed by atoms with Crippen molar-refractivity contribution in [2.45, 2.75) is 77.0 Å². The molecule has 1 aliphatic rings. The Morgan fingerprint density at radius 3 is 2.67 bits per heavy atom. The van der Waals surface area contributed by atoms with E-state index in [1.54, 1.807) is 7.11 Å². The Kier molecular flexibility index (Phi) is 11.0. The lowest BCUT2D eigenvalue weighted by molar-refractivity contribution is -0.138. The minimum atomic E-state index is -0.863. The summed E-state index contributed by atoms with van der Waals surface area (Å²) in [5.41, 5.74) is 0. The molecular formula is C19H35NO4. The molecule has 140 valence electrons. The van der Waals surface area contributed by atoms with Crippen molar-refractivity contribution in [1.82, 2.24) is 5.32 Å². The van der Waals surface area contributed by atoms with Gasteiger partial charge >= 0.3 is 5.97 Å². The number of methoxy groups -OCH3 is 1. The second-order valence-corrected chi connectivity index (χ2v) is 6.76. The molecule has 0 spiro atoms. The number of nitrogens with one attached hydrogen (secondary N) is 1. The molecule has 0 saturated carbocycles. The Morgan fingerprint density at radius 2 is 2.00 bits per heavy atom. The van der Waals surface area contributed by atoms with Gasteiger partial charge < -0.3 is 14.6 Å². The molecule has 0 aromatic carbocycles. The van der Waals surface area contributed by atoms with Crippen LogP contribution in [0.25, 0.3) is 0 Å². The molecule has 2 N–H and O–H groups in total. The number of rotatable bonds is 12. The molecule has 0 aromatic heterocycles. The largest absolute Gasteiger partial charge is 0.480 e. The monoisotopic (exact) mass is 341 g/mol. The van der Waals surface area contributed by atoms with E-state index in [1.165, 1.54) is 38.5 Å². The predicted molar refractivity (Wildman–Crippen MR) is 96.3 cm³/mol. The molecule has 0 amide bonds. The molecular weight excluding hydrogens is 306 g/mol. The van der Waals surface area contributed by atoms with Gasteiger partial charge in [-0.1, -0.05) is 58.1 Å². The molecule has 0 aromatic rings. The van der Waals surface area contributed by atoms with Crippen LogP contribution in [0.15, 0.2) is 12.2 Å². The first kappa shape index (κ1) is 21.1. The van der Waals surface area contributed by atoms with Gasteiger partial charge in [0.05, 0.1) is 31.4 Å². The van der Waals surface area contributed by atoms with Crippen LogP contribution in [0.4, 0.5) is 0 Å². The molecule has 4 atom stereocenters. The molecule has 0 unspecified atom stereocenters. The van der Waals surface area contributed by atoms with E-state index in [0.717, 1.165) is 6.42 Å². The highest BCUT2D eigenvalue weighted by Gasteiger charge is 2.37. The van der Waals surface area contributed by atoms with Crippen LogP contribution in [0.5, 0.6) is 0 Å². The standard InChI is InChI=1S/C19H35NO4/c1-4-5-6-7-8-9-10-11-12-16-18(20-13-17(21)22)19(23-3)15(2)14-24-16/h11-12,15-16,18-20H,4-10,13-14H2,1-3H3,(H,21,22)/b12-11+/t15-,16-,18-,19-/m0/s1. The number of aliphatic carboxylic acids is 1. The minimum absolute atomic E-state index is 0.0400. The van der Waals surface area contributed by atoms with E-state index in [1.807, 2.05) is 0 Å². The van der Waals surface area contributed by atoms with Crippen molar-refractivity contribution in [2.24, 2.45) is 5.92 Å². The molecule has 1 rings (SSSR count). The van der Waals surface area contributed by atoms with Crippen LogP contribution in [0.1, 0.15) is 58.8 Å². The van der Waals surface area contributed by atoms with Gasteiger partial charge in [-0.15, -0.1) is 0 Å². The van der Waals surface area contributed by atoms with E-state index in [9.17, 15) is 4.79 Å². The fourth-order valence-electron chi connectivity index (χ4n) is 3.27. The molecule has 1 heterocycles. The number of ether oxygens (including phenoxy) is 2. The quantitative estimate of drug-likeness (QED) is 0.421. The fourth-order valence-corrected chi connectivity index (χ4v) is 3.27. The van der Waals surface area contributed by atoms with E-state index < -0.39 is 5.97 Å². The first-order valence-electron chi connectivity index (χ1n) is 9.36. The van der Waals surface area contributed by atoms with Crippen molar-refractivity contribution < 1.29 is 19.4 Å². The lowest BCUT2D eigenvalue weighted by Crippen LogP contribution is -2.57. The van der Waals surface area contributed by atoms with Gasteiger partial charge in [0.1, 0.15) is 0 Å². The maximum Gasteiger partial charge on any atom is 0.317 e. The van der Waals surface area contributed by atoms with E-state index in [4.69, 9.17) is 14.6 Å². The molecule has 24 heavy (non-hydrogen) atoms. The Balaban J connectivity index is 2.43. The number of carbonyl (C=O) groups is 1. The van der Waals surface area contributed by atoms with Gasteiger partial charge in [-0.3, -0.25) is 10.1 Å². The first-order chi connectivity index (χ1) is 11.6. The van der Waals surface area contributed by atoms with Gasteiger partial charge in [-0.25, -0.2) is 0 Å². The Bertz CT molecular complexity index is 372. The van der Waals surface area contributed by atoms with Crippen LogP contribution in [0.3, 0.4) is 0 Å². The van der Waals surface area contributed by atoms with E-state index in [-0.39, 0.29) is 30.7 Å². The highest BCUT2D eigenvalue weighted by molar-refractivity contribution is 5.69. The molecule has 5 heteroatoms. The third-order valence-electron chi connectivity index (χ3n) is 4.63. The Morgan fingerprint density at radius 1 is 1.29 bits per heavy atom. The number of carboxylic acid groups (broad SMARTS) is 1. The topological polar surface area (TPSA) is 67.8 Å². The number of hydrogen-bond donors (Lipinski definition) is 2. The molecule has 0 aliphatic carbocycles. The first-order valence-corrected chi connectivity index (χ1v) is 9.36. The van der Waals surface area contributed by atoms with E-state index >= 15 is 0 Å². The lowest BCUT2D eigenvalue weighted by atomic mass is 9.90. The summed E-state index contributed by atoms with van der Waals surface area (Å²) in [5.74, 6) is -0.623. The van der Waals surface area contributed by atoms with Crippen LogP contribution in [-0.2, 0) is 14.3 Å². The zero-order valence-corrected chi connectivity index (χ0v) is 15.5. The summed E-state index contributed by atoms with van der Waals surface area (Å²) in [6.45, 7) is 4.86. The van der Waals surface area contributed by atoms with Crippen molar-refractivity contribution >= 4 is 5.97 Å². The summed E-state index contributed by atoms with van der Waals surface area (Å²) in [7, 11) is 1.68. The Labute approximate surface area is 146 Å². The number of unbranched alkanes of at least 4 members (excludes halogenated alkanes) is 6. The van der Waals surface area contributed by atoms with Crippen molar-refractivity contribution in [3.8, 4) is 0 Å². The van der Waals surface area contributed by atoms with Gasteiger partial charge in [0, 0.05) is 13.0 Å². The summed E-state index contributed by atoms with van der Waals surface area (Å²) in [6.07, 6.45) is 12.8. The van der Waals surface area contributed by atoms with Crippen LogP contribution in [0, 0.1) is 5.92 Å². The van der Waals surface area contributed by atoms with Gasteiger partial charge in [0.2, 0.25) is 0 Å². The molecule has 1 aliphatic heterocycles. The SMILES string of the molecule is CCCCCCCC/C=C/[C@@H]1OC[C@H](C)[C@H](OC)[C@H]1NCC(=O)O. The third-order valence-corrected chi connectivity index (χ3v) is 4.63. The second-order valence-electron chi connectivity index (χ2n) is 6.76. The van der Waals surface area contributed by atoms with Gasteiger partial charge in [0.25, 0.3) is 0 Å². The van der Waals surface area contributed by atoms with E-state index in [2.05, 4.69) is 31.3 Å². The van der Waals surface area contributed by atoms with Crippen LogP contribution >= 0.6 is 0 Å². The predicted octanol–water partition coefficient (Wildman–Crippen LogP) is 3.39. The summed E-state index contributed by atoms with van der Waals surface area (Å²) in [4.78, 5) is 10.9. The highest BCUT2D eigenvalue weighted by atomic mass is 16.5. The van der Waals surface area contributed by atoms with Gasteiger partial charge in [-0.05, 0) is 12.8 Å². The van der Waals surface area contributed by atoms with E-state index in [0.29, 0.717) is 6.61 Å². The van der Waals surface area contributed by atoms with Gasteiger partial charge in [-0.2, -0.15) is 0 Å². The zero-order chi connectivity index (χ0) is 17.8. The summed E-state index contributed by atoms with van der Waals surface area (Å²) >= 11 is 0. The molecule has 5 nitrogen and oxygen atoms in total. The average molecular weight is 341 g/mol. The van der Waals surface area contributed by atoms with Crippen LogP contribution in [0.2, 0.25) is 0 Å². The Hall–Kier alpha value is -0.910. The lowest BCUT2D eigenvalue weighted by Gasteiger charge is -2.40. The second kappa shape index (κ2) is 12.5. The highest BCUT2D eigenvalue weighted by Crippen LogP contribution is 2.23. The van der Waals surface area contributed by atoms with Crippen molar-refractivity contribution in [3.63, 3.8) is 0 Å². The normalized spacial score (nSPS) is 27.6. The minimum Gasteiger partial charge on any atom is -0.480 e. The zero-order valence-electron chi connectivity index (χ0n) is 15.5. The maximum absolute atomic E-state index is 10.9. The van der Waals surface area contributed by atoms with Crippen molar-refractivity contribution in [2.75, 3.05) is 20.3 Å². The number of carboxylic acids is 1. The smallest absolute Gasteiger partial charge is 0.317 e. The van der Waals surface area contributed by atoms with Gasteiger partial charge in [0.15, 0.2) is 0 Å². The number of hydrogen-bond acceptors (Lipinski definition) is 4. The third kappa shape index (κ3) is 7.77. The average Bonchev–Trinajstić information content (AvgIpc) is 2.56. The summed E-state index contributed by atoms with van der Waals surface area (Å²) in [5, 5.41) is 12.0. The fraction of sp³-hybridized carbons (Fsp3) is 0.842.